The molecule has 0 fully saturated rings. The average molecular weight is 528 g/mol. The fourth-order valence-electron chi connectivity index (χ4n) is 4.13. The molecule has 0 aliphatic rings. The second-order valence-electron chi connectivity index (χ2n) is 9.40. The van der Waals surface area contributed by atoms with E-state index in [9.17, 15) is 18.3 Å². The Hall–Kier alpha value is -3.92. The molecule has 1 atom stereocenters. The van der Waals surface area contributed by atoms with E-state index in [0.717, 1.165) is 28.8 Å². The van der Waals surface area contributed by atoms with E-state index in [2.05, 4.69) is 15.2 Å². The Morgan fingerprint density at radius 2 is 1.79 bits per heavy atom. The van der Waals surface area contributed by atoms with E-state index < -0.39 is 29.2 Å². The number of rotatable bonds is 10. The van der Waals surface area contributed by atoms with E-state index >= 15 is 0 Å². The number of benzene rings is 2. The normalized spacial score (nSPS) is 12.4. The maximum atomic E-state index is 13.7. The lowest BCUT2D eigenvalue weighted by molar-refractivity contribution is -0.0383. The lowest BCUT2D eigenvalue weighted by atomic mass is 9.94. The van der Waals surface area contributed by atoms with Crippen LogP contribution in [0.2, 0.25) is 0 Å². The molecule has 0 aliphatic heterocycles. The van der Waals surface area contributed by atoms with Gasteiger partial charge in [-0.1, -0.05) is 6.07 Å². The van der Waals surface area contributed by atoms with Gasteiger partial charge < -0.3 is 19.0 Å². The van der Waals surface area contributed by atoms with Crippen molar-refractivity contribution >= 4 is 0 Å². The van der Waals surface area contributed by atoms with Crippen molar-refractivity contribution in [3.05, 3.63) is 77.8 Å². The van der Waals surface area contributed by atoms with E-state index in [1.807, 2.05) is 24.3 Å². The molecule has 0 bridgehead atoms. The summed E-state index contributed by atoms with van der Waals surface area (Å²) in [5.74, 6) is -2.75. The lowest BCUT2D eigenvalue weighted by Crippen LogP contribution is -2.40. The zero-order chi connectivity index (χ0) is 27.4. The van der Waals surface area contributed by atoms with Crippen LogP contribution in [-0.2, 0) is 6.42 Å². The third kappa shape index (κ3) is 6.13. The van der Waals surface area contributed by atoms with Gasteiger partial charge in [0, 0.05) is 24.6 Å². The number of halogens is 3. The Labute approximate surface area is 218 Å². The number of aryl methyl sites for hydroxylation is 2. The van der Waals surface area contributed by atoms with E-state index in [1.165, 1.54) is 13.8 Å². The zero-order valence-corrected chi connectivity index (χ0v) is 21.5. The predicted octanol–water partition coefficient (Wildman–Crippen LogP) is 6.07. The molecule has 1 unspecified atom stereocenters. The third-order valence-electron chi connectivity index (χ3n) is 6.10. The van der Waals surface area contributed by atoms with Gasteiger partial charge in [0.1, 0.15) is 17.6 Å². The average Bonchev–Trinajstić information content (AvgIpc) is 3.32. The van der Waals surface area contributed by atoms with Crippen LogP contribution < -0.4 is 9.47 Å². The minimum atomic E-state index is -1.58. The van der Waals surface area contributed by atoms with Crippen LogP contribution in [0.5, 0.6) is 11.5 Å². The Kier molecular flexibility index (Phi) is 8.01. The molecule has 0 aliphatic carbocycles. The number of hydrogen-bond donors (Lipinski definition) is 1. The number of aromatic nitrogens is 3. The highest BCUT2D eigenvalue weighted by Crippen LogP contribution is 2.35. The van der Waals surface area contributed by atoms with E-state index in [4.69, 9.17) is 13.9 Å². The minimum absolute atomic E-state index is 0.206. The summed E-state index contributed by atoms with van der Waals surface area (Å²) in [7, 11) is 1.58. The fourth-order valence-corrected chi connectivity index (χ4v) is 4.13. The molecule has 0 saturated carbocycles. The van der Waals surface area contributed by atoms with Crippen molar-refractivity contribution in [3.63, 3.8) is 0 Å². The first-order valence-corrected chi connectivity index (χ1v) is 12.0. The Morgan fingerprint density at radius 3 is 2.42 bits per heavy atom. The molecular weight excluding hydrogens is 499 g/mol. The van der Waals surface area contributed by atoms with Crippen LogP contribution in [0.1, 0.15) is 38.3 Å². The van der Waals surface area contributed by atoms with E-state index in [1.54, 1.807) is 26.4 Å². The number of methoxy groups -OCH3 is 1. The molecule has 0 spiro atoms. The molecule has 2 aromatic heterocycles. The van der Waals surface area contributed by atoms with Crippen molar-refractivity contribution in [2.45, 2.75) is 51.7 Å². The molecule has 0 amide bonds. The van der Waals surface area contributed by atoms with Gasteiger partial charge in [-0.3, -0.25) is 0 Å². The van der Waals surface area contributed by atoms with Gasteiger partial charge in [-0.05, 0) is 56.9 Å². The van der Waals surface area contributed by atoms with Crippen LogP contribution >= 0.6 is 0 Å². The number of ether oxygens (including phenoxy) is 2. The number of aliphatic hydroxyl groups is 1. The van der Waals surface area contributed by atoms with E-state index in [-0.39, 0.29) is 5.75 Å². The second-order valence-corrected chi connectivity index (χ2v) is 9.40. The SMILES string of the molecule is COc1cc(-c2ccnnc2CCCC(Oc2cc(F)c(F)c(F)c2)C(C)(C)O)ccc1-c1cnc(C)o1. The van der Waals surface area contributed by atoms with Crippen LogP contribution in [0.15, 0.2) is 53.2 Å². The van der Waals surface area contributed by atoms with Crippen molar-refractivity contribution in [2.24, 2.45) is 0 Å². The summed E-state index contributed by atoms with van der Waals surface area (Å²) in [6.07, 6.45) is 3.74. The predicted molar refractivity (Wildman–Crippen MR) is 134 cm³/mol. The van der Waals surface area contributed by atoms with Gasteiger partial charge in [0.2, 0.25) is 0 Å². The third-order valence-corrected chi connectivity index (χ3v) is 6.10. The molecule has 4 rings (SSSR count). The summed E-state index contributed by atoms with van der Waals surface area (Å²) in [4.78, 5) is 4.14. The molecule has 0 saturated heterocycles. The summed E-state index contributed by atoms with van der Waals surface area (Å²) in [6.45, 7) is 4.83. The van der Waals surface area contributed by atoms with Crippen molar-refractivity contribution in [3.8, 4) is 33.9 Å². The summed E-state index contributed by atoms with van der Waals surface area (Å²) < 4.78 is 57.5. The molecule has 0 radical (unpaired) electrons. The number of nitrogens with zero attached hydrogens (tertiary/aromatic N) is 3. The fraction of sp³-hybridized carbons (Fsp3) is 0.321. The van der Waals surface area contributed by atoms with Crippen LogP contribution in [-0.4, -0.2) is 39.1 Å². The molecule has 10 heteroatoms. The smallest absolute Gasteiger partial charge is 0.194 e. The van der Waals surface area contributed by atoms with Crippen molar-refractivity contribution in [1.29, 1.82) is 0 Å². The highest BCUT2D eigenvalue weighted by molar-refractivity contribution is 5.74. The van der Waals surface area contributed by atoms with Crippen molar-refractivity contribution < 1.29 is 32.2 Å². The molecule has 38 heavy (non-hydrogen) atoms. The van der Waals surface area contributed by atoms with Gasteiger partial charge in [0.15, 0.2) is 29.1 Å². The molecule has 4 aromatic rings. The highest BCUT2D eigenvalue weighted by atomic mass is 19.2. The van der Waals surface area contributed by atoms with Gasteiger partial charge in [-0.2, -0.15) is 10.2 Å². The van der Waals surface area contributed by atoms with Crippen molar-refractivity contribution in [1.82, 2.24) is 15.2 Å². The summed E-state index contributed by atoms with van der Waals surface area (Å²) in [6, 6.07) is 9.07. The summed E-state index contributed by atoms with van der Waals surface area (Å²) in [5, 5.41) is 18.9. The molecule has 2 aromatic carbocycles. The molecule has 7 nitrogen and oxygen atoms in total. The maximum Gasteiger partial charge on any atom is 0.194 e. The first-order valence-electron chi connectivity index (χ1n) is 12.0. The van der Waals surface area contributed by atoms with Gasteiger partial charge in [0.05, 0.1) is 36.4 Å². The summed E-state index contributed by atoms with van der Waals surface area (Å²) >= 11 is 0. The van der Waals surface area contributed by atoms with Gasteiger partial charge in [-0.25, -0.2) is 18.2 Å². The lowest BCUT2D eigenvalue weighted by Gasteiger charge is -2.30. The van der Waals surface area contributed by atoms with Gasteiger partial charge in [0.25, 0.3) is 0 Å². The Morgan fingerprint density at radius 1 is 1.05 bits per heavy atom. The highest BCUT2D eigenvalue weighted by Gasteiger charge is 2.29. The monoisotopic (exact) mass is 527 g/mol. The Balaban J connectivity index is 1.52. The van der Waals surface area contributed by atoms with Gasteiger partial charge >= 0.3 is 0 Å². The second kappa shape index (κ2) is 11.2. The topological polar surface area (TPSA) is 90.5 Å². The van der Waals surface area contributed by atoms with Crippen LogP contribution in [0.3, 0.4) is 0 Å². The zero-order valence-electron chi connectivity index (χ0n) is 21.5. The van der Waals surface area contributed by atoms with Crippen LogP contribution in [0.4, 0.5) is 13.2 Å². The van der Waals surface area contributed by atoms with Gasteiger partial charge in [-0.15, -0.1) is 0 Å². The number of oxazole rings is 1. The molecule has 1 N–H and O–H groups in total. The number of hydrogen-bond acceptors (Lipinski definition) is 7. The van der Waals surface area contributed by atoms with Crippen molar-refractivity contribution in [2.75, 3.05) is 7.11 Å². The van der Waals surface area contributed by atoms with E-state index in [0.29, 0.717) is 42.4 Å². The molecule has 200 valence electrons. The first kappa shape index (κ1) is 27.1. The van der Waals surface area contributed by atoms with Crippen LogP contribution in [0.25, 0.3) is 22.5 Å². The standard InChI is InChI=1S/C28H28F3N3O4/c1-16-32-15-25(37-16)20-9-8-17(12-24(20)36-4)19-10-11-33-34-23(19)6-5-7-26(28(2,3)35)38-18-13-21(29)27(31)22(30)14-18/h8-15,26,35H,5-7H2,1-4H3. The summed E-state index contributed by atoms with van der Waals surface area (Å²) in [5.41, 5.74) is 1.85. The molecular formula is C28H28F3N3O4. The first-order chi connectivity index (χ1) is 18.1. The van der Waals surface area contributed by atoms with Crippen LogP contribution in [0, 0.1) is 24.4 Å². The maximum absolute atomic E-state index is 13.7. The largest absolute Gasteiger partial charge is 0.496 e. The quantitative estimate of drug-likeness (QED) is 0.250. The Bertz CT molecular complexity index is 1400. The molecule has 2 heterocycles. The minimum Gasteiger partial charge on any atom is -0.496 e.